The number of allylic oxidation sites excluding steroid dienone is 12. The highest BCUT2D eigenvalue weighted by Crippen LogP contribution is 2.43. The van der Waals surface area contributed by atoms with Crippen molar-refractivity contribution < 1.29 is 42.1 Å². The quantitative estimate of drug-likeness (QED) is 0.0164. The molecule has 0 saturated carbocycles. The summed E-state index contributed by atoms with van der Waals surface area (Å²) in [5, 5.41) is 0. The van der Waals surface area contributed by atoms with E-state index in [4.69, 9.17) is 18.5 Å². The molecule has 0 aromatic rings. The summed E-state index contributed by atoms with van der Waals surface area (Å²) in [5.74, 6) is -0.885. The van der Waals surface area contributed by atoms with E-state index in [0.717, 1.165) is 57.8 Å². The molecule has 0 aliphatic heterocycles. The second kappa shape index (κ2) is 38.0. The average Bonchev–Trinajstić information content (AvgIpc) is 3.15. The maximum absolute atomic E-state index is 12.7. The number of hydrogen-bond donors (Lipinski definition) is 1. The van der Waals surface area contributed by atoms with Gasteiger partial charge in [-0.05, 0) is 57.8 Å². The molecule has 0 saturated heterocycles. The number of ether oxygens (including phenoxy) is 2. The fraction of sp³-hybridized carbons (Fsp3) is 0.696. The summed E-state index contributed by atoms with van der Waals surface area (Å²) in [6.07, 6.45) is 46.7. The van der Waals surface area contributed by atoms with Crippen LogP contribution in [0, 0.1) is 0 Å². The number of nitrogens with zero attached hydrogens (tertiary/aromatic N) is 1. The SMILES string of the molecule is CC/C=C/C=C/C=C/C=C/CCCCCCCC(=O)O[C@H](COC(=O)CCC/C=C/C/C=C/CCCCCCCCCCC)COP(=O)(O)OCC[N+](C)(C)C. The molecule has 0 spiro atoms. The van der Waals surface area contributed by atoms with Gasteiger partial charge in [0.15, 0.2) is 6.10 Å². The highest BCUT2D eigenvalue weighted by Gasteiger charge is 2.27. The second-order valence-corrected chi connectivity index (χ2v) is 16.9. The van der Waals surface area contributed by atoms with Crippen molar-refractivity contribution in [3.63, 3.8) is 0 Å². The lowest BCUT2D eigenvalue weighted by Gasteiger charge is -2.24. The number of likely N-dealkylation sites (N-methyl/N-ethyl adjacent to an activating group) is 1. The summed E-state index contributed by atoms with van der Waals surface area (Å²) >= 11 is 0. The molecule has 0 amide bonds. The largest absolute Gasteiger partial charge is 0.472 e. The molecule has 0 bridgehead atoms. The average molecular weight is 807 g/mol. The highest BCUT2D eigenvalue weighted by molar-refractivity contribution is 7.47. The third-order valence-corrected chi connectivity index (χ3v) is 9.80. The second-order valence-electron chi connectivity index (χ2n) is 15.4. The van der Waals surface area contributed by atoms with Crippen molar-refractivity contribution in [2.45, 2.75) is 161 Å². The molecular formula is C46H81NO8P+. The number of phosphoric acid groups is 1. The van der Waals surface area contributed by atoms with Crippen LogP contribution in [0.4, 0.5) is 0 Å². The van der Waals surface area contributed by atoms with Crippen molar-refractivity contribution in [3.05, 3.63) is 72.9 Å². The molecule has 0 aliphatic rings. The number of phosphoric ester groups is 1. The number of hydrogen-bond acceptors (Lipinski definition) is 7. The van der Waals surface area contributed by atoms with Gasteiger partial charge in [-0.25, -0.2) is 4.57 Å². The molecule has 2 atom stereocenters. The fourth-order valence-corrected chi connectivity index (χ4v) is 6.16. The monoisotopic (exact) mass is 807 g/mol. The third-order valence-electron chi connectivity index (χ3n) is 8.82. The minimum Gasteiger partial charge on any atom is -0.462 e. The van der Waals surface area contributed by atoms with Crippen LogP contribution in [0.3, 0.4) is 0 Å². The Morgan fingerprint density at radius 2 is 1.11 bits per heavy atom. The summed E-state index contributed by atoms with van der Waals surface area (Å²) in [4.78, 5) is 35.3. The molecule has 0 rings (SSSR count). The van der Waals surface area contributed by atoms with Gasteiger partial charge in [0, 0.05) is 12.8 Å². The Kier molecular flexibility index (Phi) is 36.3. The minimum absolute atomic E-state index is 0.0168. The molecule has 56 heavy (non-hydrogen) atoms. The summed E-state index contributed by atoms with van der Waals surface area (Å²) in [7, 11) is 1.43. The van der Waals surface area contributed by atoms with E-state index < -0.39 is 32.5 Å². The number of carbonyl (C=O) groups is 2. The number of rotatable bonds is 38. The summed E-state index contributed by atoms with van der Waals surface area (Å²) in [6.45, 7) is 4.19. The van der Waals surface area contributed by atoms with Gasteiger partial charge in [0.1, 0.15) is 19.8 Å². The van der Waals surface area contributed by atoms with E-state index in [9.17, 15) is 19.0 Å². The van der Waals surface area contributed by atoms with Gasteiger partial charge in [0.2, 0.25) is 0 Å². The molecule has 0 fully saturated rings. The van der Waals surface area contributed by atoms with E-state index in [1.54, 1.807) is 0 Å². The Balaban J connectivity index is 4.48. The Morgan fingerprint density at radius 1 is 0.589 bits per heavy atom. The van der Waals surface area contributed by atoms with Crippen LogP contribution in [0.5, 0.6) is 0 Å². The van der Waals surface area contributed by atoms with Gasteiger partial charge in [-0.3, -0.25) is 18.6 Å². The highest BCUT2D eigenvalue weighted by atomic mass is 31.2. The lowest BCUT2D eigenvalue weighted by Crippen LogP contribution is -2.37. The van der Waals surface area contributed by atoms with Crippen LogP contribution < -0.4 is 0 Å². The van der Waals surface area contributed by atoms with Gasteiger partial charge in [0.05, 0.1) is 27.7 Å². The Labute approximate surface area is 342 Å². The van der Waals surface area contributed by atoms with E-state index in [1.807, 2.05) is 51.5 Å². The van der Waals surface area contributed by atoms with E-state index in [2.05, 4.69) is 56.4 Å². The third kappa shape index (κ3) is 41.1. The van der Waals surface area contributed by atoms with Gasteiger partial charge in [0.25, 0.3) is 0 Å². The zero-order chi connectivity index (χ0) is 41.4. The first-order valence-corrected chi connectivity index (χ1v) is 23.2. The van der Waals surface area contributed by atoms with Crippen LogP contribution in [-0.4, -0.2) is 74.9 Å². The lowest BCUT2D eigenvalue weighted by molar-refractivity contribution is -0.870. The normalized spacial score (nSPS) is 14.3. The van der Waals surface area contributed by atoms with E-state index in [-0.39, 0.29) is 26.1 Å². The predicted molar refractivity (Wildman–Crippen MR) is 233 cm³/mol. The topological polar surface area (TPSA) is 108 Å². The van der Waals surface area contributed by atoms with Crippen LogP contribution in [0.2, 0.25) is 0 Å². The van der Waals surface area contributed by atoms with Gasteiger partial charge < -0.3 is 18.9 Å². The number of esters is 2. The molecule has 0 heterocycles. The maximum atomic E-state index is 12.7. The van der Waals surface area contributed by atoms with Crippen LogP contribution in [-0.2, 0) is 32.7 Å². The molecule has 322 valence electrons. The molecule has 10 heteroatoms. The maximum Gasteiger partial charge on any atom is 0.472 e. The van der Waals surface area contributed by atoms with Gasteiger partial charge in [-0.1, -0.05) is 157 Å². The molecular weight excluding hydrogens is 725 g/mol. The molecule has 9 nitrogen and oxygen atoms in total. The molecule has 1 N–H and O–H groups in total. The van der Waals surface area contributed by atoms with Crippen molar-refractivity contribution in [2.75, 3.05) is 47.5 Å². The van der Waals surface area contributed by atoms with Gasteiger partial charge in [-0.2, -0.15) is 0 Å². The standard InChI is InChI=1S/C46H80NO8P/c1-6-8-10-12-14-16-18-20-22-23-25-26-28-30-32-34-36-38-45(48)52-42-44(43-54-56(50,51)53-41-40-47(3,4)5)55-46(49)39-37-35-33-31-29-27-24-21-19-17-15-13-11-9-7-2/h9,11,13,15,17,19,21,24-26,30,32,44H,6-8,10,12,14,16,18,20,22-23,27-29,31,33-43H2,1-5H3/p+1/b11-9+,15-13+,19-17+,24-21+,26-25+,32-30+/t44-/m1/s1. The first-order valence-electron chi connectivity index (χ1n) is 21.7. The summed E-state index contributed by atoms with van der Waals surface area (Å²) in [6, 6.07) is 0. The first kappa shape index (κ1) is 53.5. The lowest BCUT2D eigenvalue weighted by atomic mass is 10.1. The van der Waals surface area contributed by atoms with Crippen LogP contribution in [0.15, 0.2) is 72.9 Å². The molecule has 1 unspecified atom stereocenters. The fourth-order valence-electron chi connectivity index (χ4n) is 5.42. The smallest absolute Gasteiger partial charge is 0.462 e. The predicted octanol–water partition coefficient (Wildman–Crippen LogP) is 12.2. The van der Waals surface area contributed by atoms with Crippen molar-refractivity contribution in [2.24, 2.45) is 0 Å². The van der Waals surface area contributed by atoms with Crippen molar-refractivity contribution in [1.82, 2.24) is 0 Å². The molecule has 0 radical (unpaired) electrons. The van der Waals surface area contributed by atoms with E-state index in [0.29, 0.717) is 23.9 Å². The van der Waals surface area contributed by atoms with E-state index >= 15 is 0 Å². The summed E-state index contributed by atoms with van der Waals surface area (Å²) in [5.41, 5.74) is 0. The number of unbranched alkanes of at least 4 members (excludes halogenated alkanes) is 15. The summed E-state index contributed by atoms with van der Waals surface area (Å²) < 4.78 is 34.2. The Hall–Kier alpha value is -2.55. The minimum atomic E-state index is -4.39. The zero-order valence-corrected chi connectivity index (χ0v) is 37.0. The first-order chi connectivity index (χ1) is 27.0. The van der Waals surface area contributed by atoms with Crippen molar-refractivity contribution in [3.8, 4) is 0 Å². The van der Waals surface area contributed by atoms with Crippen LogP contribution >= 0.6 is 7.82 Å². The van der Waals surface area contributed by atoms with Gasteiger partial charge in [-0.15, -0.1) is 0 Å². The van der Waals surface area contributed by atoms with Crippen LogP contribution in [0.1, 0.15) is 155 Å². The van der Waals surface area contributed by atoms with Gasteiger partial charge >= 0.3 is 19.8 Å². The Morgan fingerprint density at radius 3 is 1.71 bits per heavy atom. The van der Waals surface area contributed by atoms with Crippen molar-refractivity contribution >= 4 is 19.8 Å². The number of carbonyl (C=O) groups excluding carboxylic acids is 2. The molecule has 0 aromatic heterocycles. The number of quaternary nitrogens is 1. The van der Waals surface area contributed by atoms with E-state index in [1.165, 1.54) is 57.8 Å². The molecule has 0 aromatic carbocycles. The zero-order valence-electron chi connectivity index (χ0n) is 36.1. The Bertz CT molecular complexity index is 1180. The molecule has 0 aliphatic carbocycles. The van der Waals surface area contributed by atoms with Crippen LogP contribution in [0.25, 0.3) is 0 Å². The van der Waals surface area contributed by atoms with Crippen molar-refractivity contribution in [1.29, 1.82) is 0 Å².